The molecule has 2 aliphatic heterocycles. The van der Waals surface area contributed by atoms with Gasteiger partial charge in [0.2, 0.25) is 0 Å². The van der Waals surface area contributed by atoms with Crippen molar-refractivity contribution >= 4 is 41.3 Å². The number of nitrogens with two attached hydrogens (primary N) is 1. The van der Waals surface area contributed by atoms with E-state index >= 15 is 0 Å². The van der Waals surface area contributed by atoms with Crippen molar-refractivity contribution in [2.75, 3.05) is 29.9 Å². The molecule has 224 valence electrons. The van der Waals surface area contributed by atoms with Gasteiger partial charge in [0.15, 0.2) is 11.7 Å². The van der Waals surface area contributed by atoms with E-state index in [2.05, 4.69) is 46.4 Å². The number of aromatic nitrogens is 2. The van der Waals surface area contributed by atoms with Crippen molar-refractivity contribution in [1.82, 2.24) is 14.7 Å². The molecule has 4 aliphatic rings. The maximum Gasteiger partial charge on any atom is 0.185 e. The quantitative estimate of drug-likeness (QED) is 0.174. The van der Waals surface area contributed by atoms with Gasteiger partial charge in [-0.05, 0) is 113 Å². The van der Waals surface area contributed by atoms with Crippen molar-refractivity contribution in [1.29, 1.82) is 0 Å². The summed E-state index contributed by atoms with van der Waals surface area (Å²) in [6.45, 7) is 11.5. The third-order valence-corrected chi connectivity index (χ3v) is 9.90. The zero-order valence-corrected chi connectivity index (χ0v) is 25.8. The standard InChI is InChI=1S/C33H45N7OS/c1-22-26-13-14-30(36-18-15-28(34)41-19-16-27(24-9-10-24)25-11-12-25)38-32(26)40-21-23(20-33(40,2)3)6-5-17-35-29-7-4-8-31(37-29)42-39-22/h4,7-8,13-15,18,23-25,27,39H,1,5-6,9-12,16-17,19-21,34H2,2-3H3,(H,35,37). The lowest BCUT2D eigenvalue weighted by atomic mass is 9.93. The summed E-state index contributed by atoms with van der Waals surface area (Å²) in [6.07, 6.45) is 13.5. The van der Waals surface area contributed by atoms with Crippen LogP contribution in [0.4, 0.5) is 17.5 Å². The Morgan fingerprint density at radius 3 is 2.79 bits per heavy atom. The summed E-state index contributed by atoms with van der Waals surface area (Å²) in [6, 6.07) is 10.1. The van der Waals surface area contributed by atoms with Crippen LogP contribution in [0.3, 0.4) is 0 Å². The zero-order valence-electron chi connectivity index (χ0n) is 25.0. The summed E-state index contributed by atoms with van der Waals surface area (Å²) in [5, 5.41) is 4.37. The van der Waals surface area contributed by atoms with Gasteiger partial charge in [-0.15, -0.1) is 0 Å². The molecule has 0 aromatic carbocycles. The molecule has 0 spiro atoms. The molecule has 1 unspecified atom stereocenters. The smallest absolute Gasteiger partial charge is 0.185 e. The average molecular weight is 588 g/mol. The second kappa shape index (κ2) is 12.6. The molecule has 42 heavy (non-hydrogen) atoms. The van der Waals surface area contributed by atoms with Crippen LogP contribution in [0.15, 0.2) is 58.9 Å². The molecule has 8 nitrogen and oxygen atoms in total. The minimum Gasteiger partial charge on any atom is -0.479 e. The number of pyridine rings is 2. The first-order valence-corrected chi connectivity index (χ1v) is 16.4. The molecule has 4 heterocycles. The van der Waals surface area contributed by atoms with Crippen LogP contribution in [-0.2, 0) is 4.74 Å². The van der Waals surface area contributed by atoms with Gasteiger partial charge >= 0.3 is 0 Å². The Bertz CT molecular complexity index is 1320. The molecule has 4 N–H and O–H groups in total. The molecule has 1 atom stereocenters. The summed E-state index contributed by atoms with van der Waals surface area (Å²) in [4.78, 5) is 16.9. The molecule has 2 aromatic rings. The van der Waals surface area contributed by atoms with Crippen molar-refractivity contribution in [3.8, 4) is 0 Å². The molecule has 9 heteroatoms. The van der Waals surface area contributed by atoms with Gasteiger partial charge in [0.05, 0.1) is 6.61 Å². The topological polar surface area (TPSA) is 101 Å². The fourth-order valence-electron chi connectivity index (χ4n) is 6.70. The van der Waals surface area contributed by atoms with Gasteiger partial charge in [-0.25, -0.2) is 15.0 Å². The van der Waals surface area contributed by atoms with Gasteiger partial charge in [-0.3, -0.25) is 0 Å². The number of ether oxygens (including phenoxy) is 1. The van der Waals surface area contributed by atoms with Gasteiger partial charge in [-0.2, -0.15) is 0 Å². The molecular weight excluding hydrogens is 542 g/mol. The summed E-state index contributed by atoms with van der Waals surface area (Å²) >= 11 is 1.46. The second-order valence-corrected chi connectivity index (χ2v) is 13.8. The molecular formula is C33H45N7OS. The van der Waals surface area contributed by atoms with E-state index in [1.165, 1.54) is 37.6 Å². The Labute approximate surface area is 254 Å². The highest BCUT2D eigenvalue weighted by molar-refractivity contribution is 7.97. The molecule has 2 aliphatic carbocycles. The van der Waals surface area contributed by atoms with E-state index in [1.54, 1.807) is 12.3 Å². The minimum absolute atomic E-state index is 0.0322. The number of rotatable bonds is 8. The Morgan fingerprint density at radius 2 is 2.00 bits per heavy atom. The van der Waals surface area contributed by atoms with Gasteiger partial charge in [-0.1, -0.05) is 12.6 Å². The van der Waals surface area contributed by atoms with Gasteiger partial charge in [0.1, 0.15) is 16.7 Å². The summed E-state index contributed by atoms with van der Waals surface area (Å²) < 4.78 is 9.26. The van der Waals surface area contributed by atoms with Gasteiger partial charge in [0.25, 0.3) is 0 Å². The molecule has 6 rings (SSSR count). The predicted molar refractivity (Wildman–Crippen MR) is 174 cm³/mol. The van der Waals surface area contributed by atoms with Crippen molar-refractivity contribution in [2.45, 2.75) is 75.8 Å². The number of nitrogens with one attached hydrogen (secondary N) is 2. The number of nitrogens with zero attached hydrogens (tertiary/aromatic N) is 4. The Kier molecular flexibility index (Phi) is 8.65. The number of fused-ring (bicyclic) bond motifs is 6. The highest BCUT2D eigenvalue weighted by atomic mass is 32.2. The first-order valence-electron chi connectivity index (χ1n) is 15.6. The third kappa shape index (κ3) is 7.22. The Morgan fingerprint density at radius 1 is 1.19 bits per heavy atom. The van der Waals surface area contributed by atoms with Crippen LogP contribution < -0.4 is 20.7 Å². The first-order chi connectivity index (χ1) is 20.4. The predicted octanol–water partition coefficient (Wildman–Crippen LogP) is 6.90. The van der Waals surface area contributed by atoms with Crippen molar-refractivity contribution in [3.63, 3.8) is 0 Å². The van der Waals surface area contributed by atoms with Gasteiger partial charge in [0, 0.05) is 54.1 Å². The molecule has 0 amide bonds. The Hall–Kier alpha value is -3.20. The average Bonchev–Trinajstić information content (AvgIpc) is 3.90. The minimum atomic E-state index is -0.0322. The van der Waals surface area contributed by atoms with Crippen LogP contribution in [0.1, 0.15) is 70.8 Å². The van der Waals surface area contributed by atoms with E-state index < -0.39 is 0 Å². The molecule has 2 saturated carbocycles. The van der Waals surface area contributed by atoms with Crippen LogP contribution in [0.25, 0.3) is 5.70 Å². The largest absolute Gasteiger partial charge is 0.479 e. The maximum atomic E-state index is 6.16. The Balaban J connectivity index is 1.18. The highest BCUT2D eigenvalue weighted by Gasteiger charge is 2.41. The lowest BCUT2D eigenvalue weighted by Crippen LogP contribution is -2.39. The number of aliphatic imine (C=N–C) groups is 1. The van der Waals surface area contributed by atoms with Gasteiger partial charge < -0.3 is 25.4 Å². The number of hydrogen-bond acceptors (Lipinski definition) is 9. The van der Waals surface area contributed by atoms with Crippen LogP contribution in [0.5, 0.6) is 0 Å². The van der Waals surface area contributed by atoms with E-state index in [0.29, 0.717) is 24.2 Å². The number of hydrogen-bond donors (Lipinski definition) is 3. The van der Waals surface area contributed by atoms with Crippen molar-refractivity contribution < 1.29 is 4.74 Å². The SMILES string of the molecule is C=C1NSc2cccc(n2)NCCCC2CN(c3nc(N=CC=C(N)OCCC(C4CC4)C4CC4)ccc31)C(C)(C)C2. The number of anilines is 2. The summed E-state index contributed by atoms with van der Waals surface area (Å²) in [5.41, 5.74) is 7.89. The molecule has 3 fully saturated rings. The van der Waals surface area contributed by atoms with E-state index in [-0.39, 0.29) is 5.54 Å². The lowest BCUT2D eigenvalue weighted by molar-refractivity contribution is 0.175. The first kappa shape index (κ1) is 28.9. The summed E-state index contributed by atoms with van der Waals surface area (Å²) in [7, 11) is 0. The molecule has 2 aromatic heterocycles. The number of allylic oxidation sites excluding steroid dienone is 1. The second-order valence-electron chi connectivity index (χ2n) is 13.0. The highest BCUT2D eigenvalue weighted by Crippen LogP contribution is 2.50. The third-order valence-electron chi connectivity index (χ3n) is 9.12. The molecule has 1 saturated heterocycles. The van der Waals surface area contributed by atoms with Crippen LogP contribution in [0.2, 0.25) is 0 Å². The summed E-state index contributed by atoms with van der Waals surface area (Å²) in [5.74, 6) is 6.12. The van der Waals surface area contributed by atoms with Crippen molar-refractivity contribution in [3.05, 3.63) is 54.4 Å². The monoisotopic (exact) mass is 587 g/mol. The molecule has 0 radical (unpaired) electrons. The van der Waals surface area contributed by atoms with E-state index in [4.69, 9.17) is 20.4 Å². The van der Waals surface area contributed by atoms with Crippen molar-refractivity contribution in [2.24, 2.45) is 34.4 Å². The van der Waals surface area contributed by atoms with Crippen LogP contribution in [0, 0.1) is 23.7 Å². The normalized spacial score (nSPS) is 22.7. The fourth-order valence-corrected chi connectivity index (χ4v) is 7.33. The van der Waals surface area contributed by atoms with E-state index in [9.17, 15) is 0 Å². The fraction of sp³-hybridized carbons (Fsp3) is 0.545. The van der Waals surface area contributed by atoms with E-state index in [0.717, 1.165) is 84.4 Å². The van der Waals surface area contributed by atoms with E-state index in [1.807, 2.05) is 24.3 Å². The van der Waals surface area contributed by atoms with Crippen LogP contribution in [-0.4, -0.2) is 41.4 Å². The zero-order chi connectivity index (χ0) is 29.1. The molecule has 4 bridgehead atoms. The maximum absolute atomic E-state index is 6.16. The lowest BCUT2D eigenvalue weighted by Gasteiger charge is -2.34. The van der Waals surface area contributed by atoms with Crippen LogP contribution >= 0.6 is 11.9 Å².